The molecule has 1 aromatic rings. The molecule has 0 aromatic carbocycles. The van der Waals surface area contributed by atoms with E-state index in [4.69, 9.17) is 15.6 Å². The Hall–Kier alpha value is -1.82. The van der Waals surface area contributed by atoms with Crippen molar-refractivity contribution in [3.05, 3.63) is 17.8 Å². The molecule has 1 aromatic heterocycles. The molecule has 0 radical (unpaired) electrons. The number of anilines is 2. The Bertz CT molecular complexity index is 437. The highest BCUT2D eigenvalue weighted by Gasteiger charge is 2.18. The molecular weight excluding hydrogens is 246 g/mol. The van der Waals surface area contributed by atoms with Crippen LogP contribution in [0, 0.1) is 0 Å². The Balaban J connectivity index is 3.12. The zero-order chi connectivity index (χ0) is 14.4. The van der Waals surface area contributed by atoms with E-state index < -0.39 is 5.97 Å². The molecule has 0 aliphatic carbocycles. The van der Waals surface area contributed by atoms with Crippen LogP contribution in [-0.2, 0) is 4.74 Å². The number of carbonyl (C=O) groups is 1. The van der Waals surface area contributed by atoms with Crippen molar-refractivity contribution in [2.45, 2.75) is 26.3 Å². The van der Waals surface area contributed by atoms with Gasteiger partial charge in [-0.25, -0.2) is 9.78 Å². The smallest absolute Gasteiger partial charge is 0.354 e. The highest BCUT2D eigenvalue weighted by Crippen LogP contribution is 2.23. The summed E-state index contributed by atoms with van der Waals surface area (Å²) < 4.78 is 5.08. The van der Waals surface area contributed by atoms with E-state index in [1.54, 1.807) is 13.2 Å². The average molecular weight is 267 g/mol. The normalized spacial score (nSPS) is 12.2. The summed E-state index contributed by atoms with van der Waals surface area (Å²) in [6.45, 7) is 5.25. The molecule has 0 aliphatic rings. The number of aromatic carboxylic acids is 1. The quantitative estimate of drug-likeness (QED) is 0.780. The van der Waals surface area contributed by atoms with Gasteiger partial charge in [0.05, 0.1) is 12.3 Å². The number of carboxylic acids is 1. The molecule has 0 amide bonds. The number of nitrogens with zero attached hydrogens (tertiary/aromatic N) is 2. The predicted molar refractivity (Wildman–Crippen MR) is 74.6 cm³/mol. The topological polar surface area (TPSA) is 88.7 Å². The molecule has 3 N–H and O–H groups in total. The van der Waals surface area contributed by atoms with Gasteiger partial charge in [0.2, 0.25) is 0 Å². The van der Waals surface area contributed by atoms with Crippen LogP contribution in [0.15, 0.2) is 12.1 Å². The second-order valence-corrected chi connectivity index (χ2v) is 4.36. The summed E-state index contributed by atoms with van der Waals surface area (Å²) in [5, 5.41) is 9.01. The van der Waals surface area contributed by atoms with Crippen molar-refractivity contribution >= 4 is 17.5 Å². The number of nitrogens with two attached hydrogens (primary N) is 1. The van der Waals surface area contributed by atoms with E-state index in [2.05, 4.69) is 11.9 Å². The zero-order valence-electron chi connectivity index (χ0n) is 11.6. The van der Waals surface area contributed by atoms with Crippen molar-refractivity contribution in [1.29, 1.82) is 0 Å². The maximum atomic E-state index is 11.0. The van der Waals surface area contributed by atoms with Gasteiger partial charge in [-0.05, 0) is 25.5 Å². The molecule has 19 heavy (non-hydrogen) atoms. The fourth-order valence-electron chi connectivity index (χ4n) is 1.75. The lowest BCUT2D eigenvalue weighted by Crippen LogP contribution is -2.36. The molecule has 1 rings (SSSR count). The predicted octanol–water partition coefficient (Wildman–Crippen LogP) is 1.61. The molecule has 6 nitrogen and oxygen atoms in total. The molecule has 1 heterocycles. The Morgan fingerprint density at radius 2 is 2.26 bits per heavy atom. The van der Waals surface area contributed by atoms with E-state index in [9.17, 15) is 4.79 Å². The minimum atomic E-state index is -1.06. The van der Waals surface area contributed by atoms with Crippen LogP contribution in [0.4, 0.5) is 11.5 Å². The molecule has 0 aliphatic heterocycles. The van der Waals surface area contributed by atoms with Crippen molar-refractivity contribution in [1.82, 2.24) is 4.98 Å². The minimum absolute atomic E-state index is 0.00470. The third-order valence-corrected chi connectivity index (χ3v) is 3.06. The fourth-order valence-corrected chi connectivity index (χ4v) is 1.75. The van der Waals surface area contributed by atoms with Gasteiger partial charge in [0.1, 0.15) is 0 Å². The van der Waals surface area contributed by atoms with Crippen LogP contribution in [0.25, 0.3) is 0 Å². The van der Waals surface area contributed by atoms with Gasteiger partial charge in [0.15, 0.2) is 11.5 Å². The number of carboxylic acid groups (broad SMARTS) is 1. The van der Waals surface area contributed by atoms with Crippen molar-refractivity contribution in [3.8, 4) is 0 Å². The Morgan fingerprint density at radius 1 is 1.58 bits per heavy atom. The molecule has 0 spiro atoms. The number of pyridine rings is 1. The fraction of sp³-hybridized carbons (Fsp3) is 0.538. The van der Waals surface area contributed by atoms with E-state index in [1.807, 2.05) is 11.8 Å². The third-order valence-electron chi connectivity index (χ3n) is 3.06. The Kier molecular flexibility index (Phi) is 5.57. The Labute approximate surface area is 113 Å². The van der Waals surface area contributed by atoms with E-state index in [1.165, 1.54) is 6.07 Å². The summed E-state index contributed by atoms with van der Waals surface area (Å²) in [6.07, 6.45) is 0.905. The second-order valence-electron chi connectivity index (χ2n) is 4.36. The number of nitrogen functional groups attached to an aromatic ring is 1. The number of aromatic nitrogens is 1. The molecular formula is C13H21N3O3. The van der Waals surface area contributed by atoms with Crippen LogP contribution in [0.3, 0.4) is 0 Å². The van der Waals surface area contributed by atoms with Crippen molar-refractivity contribution < 1.29 is 14.6 Å². The van der Waals surface area contributed by atoms with Gasteiger partial charge in [0.25, 0.3) is 0 Å². The second kappa shape index (κ2) is 6.94. The van der Waals surface area contributed by atoms with Gasteiger partial charge in [-0.3, -0.25) is 0 Å². The van der Waals surface area contributed by atoms with E-state index in [-0.39, 0.29) is 11.7 Å². The molecule has 1 unspecified atom stereocenters. The van der Waals surface area contributed by atoms with E-state index in [0.29, 0.717) is 24.7 Å². The largest absolute Gasteiger partial charge is 0.477 e. The molecule has 106 valence electrons. The van der Waals surface area contributed by atoms with Crippen LogP contribution >= 0.6 is 0 Å². The lowest BCUT2D eigenvalue weighted by molar-refractivity contribution is 0.0690. The van der Waals surface area contributed by atoms with Crippen molar-refractivity contribution in [2.75, 3.05) is 30.9 Å². The number of ether oxygens (including phenoxy) is 1. The summed E-state index contributed by atoms with van der Waals surface area (Å²) in [4.78, 5) is 17.1. The molecule has 0 saturated heterocycles. The van der Waals surface area contributed by atoms with Crippen LogP contribution in [0.1, 0.15) is 30.8 Å². The van der Waals surface area contributed by atoms with Gasteiger partial charge in [0, 0.05) is 19.7 Å². The lowest BCUT2D eigenvalue weighted by atomic mass is 10.2. The summed E-state index contributed by atoms with van der Waals surface area (Å²) in [5.74, 6) is -0.552. The zero-order valence-corrected chi connectivity index (χ0v) is 11.6. The van der Waals surface area contributed by atoms with Crippen LogP contribution in [-0.4, -0.2) is 42.4 Å². The number of hydrogen-bond acceptors (Lipinski definition) is 5. The minimum Gasteiger partial charge on any atom is -0.477 e. The summed E-state index contributed by atoms with van der Waals surface area (Å²) in [7, 11) is 1.62. The monoisotopic (exact) mass is 267 g/mol. The van der Waals surface area contributed by atoms with Crippen molar-refractivity contribution in [2.24, 2.45) is 0 Å². The first-order valence-corrected chi connectivity index (χ1v) is 6.26. The SMILES string of the molecule is CCC(C)N(CCOC)c1nc(C(=O)O)ccc1N. The molecule has 0 saturated carbocycles. The summed E-state index contributed by atoms with van der Waals surface area (Å²) >= 11 is 0. The van der Waals surface area contributed by atoms with Crippen LogP contribution < -0.4 is 10.6 Å². The van der Waals surface area contributed by atoms with Gasteiger partial charge in [-0.2, -0.15) is 0 Å². The van der Waals surface area contributed by atoms with Crippen molar-refractivity contribution in [3.63, 3.8) is 0 Å². The number of methoxy groups -OCH3 is 1. The molecule has 1 atom stereocenters. The molecule has 0 fully saturated rings. The molecule has 6 heteroatoms. The van der Waals surface area contributed by atoms with E-state index >= 15 is 0 Å². The first kappa shape index (κ1) is 15.2. The van der Waals surface area contributed by atoms with E-state index in [0.717, 1.165) is 6.42 Å². The van der Waals surface area contributed by atoms with Gasteiger partial charge in [-0.15, -0.1) is 0 Å². The lowest BCUT2D eigenvalue weighted by Gasteiger charge is -2.30. The molecule has 0 bridgehead atoms. The number of rotatable bonds is 7. The van der Waals surface area contributed by atoms with Gasteiger partial charge in [-0.1, -0.05) is 6.92 Å². The maximum Gasteiger partial charge on any atom is 0.354 e. The number of hydrogen-bond donors (Lipinski definition) is 2. The first-order valence-electron chi connectivity index (χ1n) is 6.26. The highest BCUT2D eigenvalue weighted by atomic mass is 16.5. The van der Waals surface area contributed by atoms with Crippen LogP contribution in [0.5, 0.6) is 0 Å². The maximum absolute atomic E-state index is 11.0. The summed E-state index contributed by atoms with van der Waals surface area (Å²) in [5.41, 5.74) is 6.39. The highest BCUT2D eigenvalue weighted by molar-refractivity contribution is 5.87. The average Bonchev–Trinajstić information content (AvgIpc) is 2.40. The standard InChI is InChI=1S/C13H21N3O3/c1-4-9(2)16(7-8-19-3)12-10(14)5-6-11(15-12)13(17)18/h5-6,9H,4,7-8,14H2,1-3H3,(H,17,18). The third kappa shape index (κ3) is 3.82. The first-order chi connectivity index (χ1) is 9.01. The van der Waals surface area contributed by atoms with Gasteiger partial charge < -0.3 is 20.5 Å². The summed E-state index contributed by atoms with van der Waals surface area (Å²) in [6, 6.07) is 3.19. The van der Waals surface area contributed by atoms with Crippen LogP contribution in [0.2, 0.25) is 0 Å². The van der Waals surface area contributed by atoms with Gasteiger partial charge >= 0.3 is 5.97 Å². The Morgan fingerprint density at radius 3 is 2.79 bits per heavy atom.